The van der Waals surface area contributed by atoms with Crippen molar-refractivity contribution in [1.29, 1.82) is 0 Å². The molecule has 1 nitrogen and oxygen atoms in total. The Hall–Kier alpha value is -0.170. The van der Waals surface area contributed by atoms with Gasteiger partial charge in [0.15, 0.2) is 0 Å². The molecule has 0 fully saturated rings. The van der Waals surface area contributed by atoms with E-state index in [1.54, 1.807) is 13.0 Å². The average molecular weight is 455 g/mol. The third-order valence-electron chi connectivity index (χ3n) is 2.91. The number of nitrogens with two attached hydrogens (primary N) is 1. The minimum absolute atomic E-state index is 0.317. The van der Waals surface area contributed by atoms with Gasteiger partial charge in [0.05, 0.1) is 6.04 Å². The fourth-order valence-corrected chi connectivity index (χ4v) is 3.11. The molecule has 1 atom stereocenters. The molecule has 0 amide bonds. The van der Waals surface area contributed by atoms with Crippen molar-refractivity contribution >= 4 is 50.1 Å². The van der Waals surface area contributed by atoms with E-state index in [4.69, 9.17) is 17.3 Å². The van der Waals surface area contributed by atoms with Crippen molar-refractivity contribution in [3.63, 3.8) is 0 Å². The third kappa shape index (κ3) is 3.29. The van der Waals surface area contributed by atoms with Crippen molar-refractivity contribution in [2.45, 2.75) is 13.0 Å². The smallest absolute Gasteiger partial charge is 0.127 e. The molecule has 100 valence electrons. The van der Waals surface area contributed by atoms with E-state index in [9.17, 15) is 4.39 Å². The highest BCUT2D eigenvalue weighted by molar-refractivity contribution is 14.1. The van der Waals surface area contributed by atoms with Gasteiger partial charge in [-0.15, -0.1) is 0 Å². The summed E-state index contributed by atoms with van der Waals surface area (Å²) in [6.07, 6.45) is 0. The number of hydrogen-bond donors (Lipinski definition) is 1. The molecule has 2 rings (SSSR count). The van der Waals surface area contributed by atoms with E-state index in [1.165, 1.54) is 6.07 Å². The van der Waals surface area contributed by atoms with Crippen LogP contribution in [0.3, 0.4) is 0 Å². The monoisotopic (exact) mass is 453 g/mol. The molecule has 0 saturated carbocycles. The van der Waals surface area contributed by atoms with Gasteiger partial charge in [-0.2, -0.15) is 0 Å². The van der Waals surface area contributed by atoms with Gasteiger partial charge in [0.2, 0.25) is 0 Å². The quantitative estimate of drug-likeness (QED) is 0.620. The molecule has 0 radical (unpaired) electrons. The summed E-state index contributed by atoms with van der Waals surface area (Å²) in [7, 11) is 0. The van der Waals surface area contributed by atoms with Crippen molar-refractivity contribution in [2.24, 2.45) is 5.73 Å². The van der Waals surface area contributed by atoms with Crippen LogP contribution in [-0.2, 0) is 0 Å². The van der Waals surface area contributed by atoms with Crippen molar-refractivity contribution in [2.75, 3.05) is 0 Å². The summed E-state index contributed by atoms with van der Waals surface area (Å²) in [5.41, 5.74) is 8.46. The normalized spacial score (nSPS) is 12.5. The molecule has 2 aromatic carbocycles. The van der Waals surface area contributed by atoms with E-state index < -0.39 is 6.04 Å². The van der Waals surface area contributed by atoms with Crippen LogP contribution in [-0.4, -0.2) is 0 Å². The Balaban J connectivity index is 2.52. The third-order valence-corrected chi connectivity index (χ3v) is 4.63. The number of benzene rings is 2. The maximum atomic E-state index is 13.4. The maximum absolute atomic E-state index is 13.4. The Morgan fingerprint density at radius 2 is 1.95 bits per heavy atom. The molecule has 0 aliphatic carbocycles. The molecular formula is C14H11BrClFIN. The van der Waals surface area contributed by atoms with Gasteiger partial charge in [0.1, 0.15) is 5.82 Å². The lowest BCUT2D eigenvalue weighted by Crippen LogP contribution is -2.14. The zero-order valence-electron chi connectivity index (χ0n) is 10.1. The van der Waals surface area contributed by atoms with Crippen LogP contribution in [0.25, 0.3) is 0 Å². The molecular weight excluding hydrogens is 443 g/mol. The predicted molar refractivity (Wildman–Crippen MR) is 89.0 cm³/mol. The van der Waals surface area contributed by atoms with Gasteiger partial charge >= 0.3 is 0 Å². The molecule has 5 heteroatoms. The van der Waals surface area contributed by atoms with Gasteiger partial charge in [-0.25, -0.2) is 4.39 Å². The summed E-state index contributed by atoms with van der Waals surface area (Å²) in [4.78, 5) is 0. The fourth-order valence-electron chi connectivity index (χ4n) is 1.84. The SMILES string of the molecule is Cc1cc(C(N)c2cc(I)ccc2Br)c(Cl)cc1F. The molecule has 19 heavy (non-hydrogen) atoms. The highest BCUT2D eigenvalue weighted by Crippen LogP contribution is 2.33. The number of aryl methyl sites for hydroxylation is 1. The van der Waals surface area contributed by atoms with Crippen LogP contribution in [0.5, 0.6) is 0 Å². The molecule has 2 N–H and O–H groups in total. The lowest BCUT2D eigenvalue weighted by Gasteiger charge is -2.17. The highest BCUT2D eigenvalue weighted by Gasteiger charge is 2.17. The maximum Gasteiger partial charge on any atom is 0.127 e. The van der Waals surface area contributed by atoms with Crippen LogP contribution >= 0.6 is 50.1 Å². The summed E-state index contributed by atoms with van der Waals surface area (Å²) in [5.74, 6) is -0.317. The largest absolute Gasteiger partial charge is 0.320 e. The molecule has 0 aliphatic rings. The lowest BCUT2D eigenvalue weighted by atomic mass is 9.98. The van der Waals surface area contributed by atoms with E-state index in [2.05, 4.69) is 38.5 Å². The first-order chi connectivity index (χ1) is 8.90. The number of halogens is 4. The second-order valence-electron chi connectivity index (χ2n) is 4.27. The van der Waals surface area contributed by atoms with Crippen LogP contribution in [0.2, 0.25) is 5.02 Å². The second-order valence-corrected chi connectivity index (χ2v) is 6.77. The highest BCUT2D eigenvalue weighted by atomic mass is 127. The minimum Gasteiger partial charge on any atom is -0.320 e. The standard InChI is InChI=1S/C14H11BrClFIN/c1-7-4-10(12(16)6-13(7)17)14(19)9-5-8(18)2-3-11(9)15/h2-6,14H,19H2,1H3. The molecule has 0 heterocycles. The minimum atomic E-state index is -0.393. The van der Waals surface area contributed by atoms with Crippen molar-refractivity contribution in [1.82, 2.24) is 0 Å². The first kappa shape index (κ1) is 15.2. The van der Waals surface area contributed by atoms with Crippen molar-refractivity contribution < 1.29 is 4.39 Å². The first-order valence-electron chi connectivity index (χ1n) is 5.56. The molecule has 0 saturated heterocycles. The van der Waals surface area contributed by atoms with Gasteiger partial charge < -0.3 is 5.73 Å². The molecule has 2 aromatic rings. The van der Waals surface area contributed by atoms with E-state index in [1.807, 2.05) is 18.2 Å². The Morgan fingerprint density at radius 3 is 2.63 bits per heavy atom. The summed E-state index contributed by atoms with van der Waals surface area (Å²) in [6, 6.07) is 8.54. The topological polar surface area (TPSA) is 26.0 Å². The Labute approximate surface area is 138 Å². The van der Waals surface area contributed by atoms with Crippen LogP contribution in [0.4, 0.5) is 4.39 Å². The van der Waals surface area contributed by atoms with Gasteiger partial charge in [-0.3, -0.25) is 0 Å². The van der Waals surface area contributed by atoms with Crippen LogP contribution in [0.1, 0.15) is 22.7 Å². The van der Waals surface area contributed by atoms with Crippen LogP contribution < -0.4 is 5.73 Å². The van der Waals surface area contributed by atoms with Gasteiger partial charge in [0.25, 0.3) is 0 Å². The van der Waals surface area contributed by atoms with Crippen molar-refractivity contribution in [3.8, 4) is 0 Å². The Morgan fingerprint density at radius 1 is 1.26 bits per heavy atom. The lowest BCUT2D eigenvalue weighted by molar-refractivity contribution is 0.617. The number of hydrogen-bond acceptors (Lipinski definition) is 1. The summed E-state index contributed by atoms with van der Waals surface area (Å²) >= 11 is 11.8. The molecule has 0 aliphatic heterocycles. The van der Waals surface area contributed by atoms with Gasteiger partial charge in [-0.05, 0) is 76.5 Å². The Bertz CT molecular complexity index is 633. The molecule has 0 bridgehead atoms. The summed E-state index contributed by atoms with van der Waals surface area (Å²) in [6.45, 7) is 1.70. The van der Waals surface area contributed by atoms with E-state index in [0.29, 0.717) is 10.6 Å². The zero-order chi connectivity index (χ0) is 14.2. The first-order valence-corrected chi connectivity index (χ1v) is 7.81. The molecule has 0 aromatic heterocycles. The summed E-state index contributed by atoms with van der Waals surface area (Å²) in [5, 5.41) is 0.348. The number of rotatable bonds is 2. The van der Waals surface area contributed by atoms with Crippen molar-refractivity contribution in [3.05, 3.63) is 65.9 Å². The Kier molecular flexibility index (Phi) is 4.87. The fraction of sp³-hybridized carbons (Fsp3) is 0.143. The summed E-state index contributed by atoms with van der Waals surface area (Å²) < 4.78 is 15.4. The van der Waals surface area contributed by atoms with E-state index in [-0.39, 0.29) is 5.82 Å². The van der Waals surface area contributed by atoms with Crippen LogP contribution in [0, 0.1) is 16.3 Å². The zero-order valence-corrected chi connectivity index (χ0v) is 14.6. The predicted octanol–water partition coefficient (Wildman–Crippen LogP) is 5.20. The molecule has 0 spiro atoms. The molecule has 1 unspecified atom stereocenters. The van der Waals surface area contributed by atoms with Gasteiger partial charge in [0, 0.05) is 13.1 Å². The van der Waals surface area contributed by atoms with E-state index in [0.717, 1.165) is 19.2 Å². The van der Waals surface area contributed by atoms with E-state index >= 15 is 0 Å². The van der Waals surface area contributed by atoms with Crippen LogP contribution in [0.15, 0.2) is 34.8 Å². The second kappa shape index (κ2) is 6.08. The average Bonchev–Trinajstić information content (AvgIpc) is 2.36. The van der Waals surface area contributed by atoms with Gasteiger partial charge in [-0.1, -0.05) is 27.5 Å².